The minimum Gasteiger partial charge on any atom is -0.363 e. The van der Waals surface area contributed by atoms with Crippen molar-refractivity contribution in [1.29, 1.82) is 0 Å². The lowest BCUT2D eigenvalue weighted by atomic mass is 10.2. The van der Waals surface area contributed by atoms with Crippen molar-refractivity contribution in [2.24, 2.45) is 0 Å². The molecule has 0 radical (unpaired) electrons. The van der Waals surface area contributed by atoms with Crippen LogP contribution >= 0.6 is 24.0 Å². The van der Waals surface area contributed by atoms with Gasteiger partial charge in [0.15, 0.2) is 10.3 Å². The van der Waals surface area contributed by atoms with Crippen molar-refractivity contribution in [2.45, 2.75) is 56.3 Å². The van der Waals surface area contributed by atoms with Crippen LogP contribution in [0.1, 0.15) is 49.5 Å². The molecule has 0 bridgehead atoms. The zero-order valence-electron chi connectivity index (χ0n) is 15.3. The van der Waals surface area contributed by atoms with E-state index in [4.69, 9.17) is 12.2 Å². The fourth-order valence-corrected chi connectivity index (χ4v) is 4.18. The third kappa shape index (κ3) is 5.20. The summed E-state index contributed by atoms with van der Waals surface area (Å²) in [5.74, 6) is 1.12. The van der Waals surface area contributed by atoms with Crippen molar-refractivity contribution in [3.05, 3.63) is 41.7 Å². The number of aromatic nitrogens is 3. The molecule has 140 valence electrons. The number of aryl methyl sites for hydroxylation is 1. The Balaban J connectivity index is 1.42. The third-order valence-electron chi connectivity index (χ3n) is 4.77. The maximum Gasteiger partial charge on any atom is 0.191 e. The number of rotatable bonds is 8. The molecule has 1 aromatic carbocycles. The highest BCUT2D eigenvalue weighted by atomic mass is 32.2. The van der Waals surface area contributed by atoms with Crippen LogP contribution in [-0.4, -0.2) is 32.7 Å². The second-order valence-electron chi connectivity index (χ2n) is 6.61. The van der Waals surface area contributed by atoms with E-state index in [1.165, 1.54) is 31.2 Å². The smallest absolute Gasteiger partial charge is 0.191 e. The molecule has 0 saturated heterocycles. The highest BCUT2D eigenvalue weighted by Gasteiger charge is 2.23. The van der Waals surface area contributed by atoms with Crippen molar-refractivity contribution in [3.8, 4) is 0 Å². The van der Waals surface area contributed by atoms with E-state index < -0.39 is 0 Å². The zero-order valence-corrected chi connectivity index (χ0v) is 16.9. The van der Waals surface area contributed by atoms with E-state index in [0.29, 0.717) is 11.2 Å². The summed E-state index contributed by atoms with van der Waals surface area (Å²) >= 11 is 7.06. The lowest BCUT2D eigenvalue weighted by Gasteiger charge is -2.16. The van der Waals surface area contributed by atoms with Crippen LogP contribution in [0.5, 0.6) is 0 Å². The van der Waals surface area contributed by atoms with Gasteiger partial charge in [0.2, 0.25) is 0 Å². The van der Waals surface area contributed by atoms with E-state index in [1.54, 1.807) is 11.8 Å². The van der Waals surface area contributed by atoms with E-state index in [9.17, 15) is 0 Å². The van der Waals surface area contributed by atoms with Crippen LogP contribution in [0.3, 0.4) is 0 Å². The predicted octanol–water partition coefficient (Wildman–Crippen LogP) is 3.71. The minimum absolute atomic E-state index is 0.587. The van der Waals surface area contributed by atoms with Crippen LogP contribution in [-0.2, 0) is 13.0 Å². The van der Waals surface area contributed by atoms with Gasteiger partial charge in [-0.15, -0.1) is 10.2 Å². The summed E-state index contributed by atoms with van der Waals surface area (Å²) in [7, 11) is 0. The molecule has 1 fully saturated rings. The highest BCUT2D eigenvalue weighted by molar-refractivity contribution is 7.98. The number of nitrogens with zero attached hydrogens (tertiary/aromatic N) is 3. The van der Waals surface area contributed by atoms with Gasteiger partial charge in [0.05, 0.1) is 0 Å². The molecule has 26 heavy (non-hydrogen) atoms. The van der Waals surface area contributed by atoms with Gasteiger partial charge in [-0.25, -0.2) is 0 Å². The molecule has 1 aromatic heterocycles. The van der Waals surface area contributed by atoms with E-state index in [0.717, 1.165) is 36.9 Å². The number of benzene rings is 1. The first kappa shape index (κ1) is 19.2. The van der Waals surface area contributed by atoms with Crippen LogP contribution in [0.15, 0.2) is 35.5 Å². The quantitative estimate of drug-likeness (QED) is 0.408. The highest BCUT2D eigenvalue weighted by Crippen LogP contribution is 2.33. The Morgan fingerprint density at radius 3 is 2.69 bits per heavy atom. The molecule has 7 heteroatoms. The van der Waals surface area contributed by atoms with Crippen LogP contribution in [0.4, 0.5) is 0 Å². The second kappa shape index (κ2) is 9.92. The summed E-state index contributed by atoms with van der Waals surface area (Å²) in [6.45, 7) is 1.59. The molecule has 1 saturated carbocycles. The van der Waals surface area contributed by atoms with Crippen molar-refractivity contribution in [2.75, 3.05) is 12.8 Å². The summed E-state index contributed by atoms with van der Waals surface area (Å²) < 4.78 is 2.38. The van der Waals surface area contributed by atoms with Gasteiger partial charge in [0, 0.05) is 25.6 Å². The van der Waals surface area contributed by atoms with Gasteiger partial charge in [-0.3, -0.25) is 0 Å². The lowest BCUT2D eigenvalue weighted by Crippen LogP contribution is -2.35. The average Bonchev–Trinajstić information content (AvgIpc) is 3.33. The number of hydrogen-bond acceptors (Lipinski definition) is 4. The molecule has 2 N–H and O–H groups in total. The Morgan fingerprint density at radius 2 is 1.96 bits per heavy atom. The molecule has 1 aliphatic carbocycles. The molecular weight excluding hydrogens is 362 g/mol. The number of nitrogens with one attached hydrogen (secondary N) is 2. The maximum absolute atomic E-state index is 5.36. The molecule has 1 heterocycles. The number of hydrogen-bond donors (Lipinski definition) is 2. The van der Waals surface area contributed by atoms with E-state index in [-0.39, 0.29) is 0 Å². The Hall–Kier alpha value is -1.60. The molecular formula is C19H27N5S2. The van der Waals surface area contributed by atoms with Gasteiger partial charge in [-0.2, -0.15) is 0 Å². The van der Waals surface area contributed by atoms with Gasteiger partial charge < -0.3 is 15.2 Å². The summed E-state index contributed by atoms with van der Waals surface area (Å²) in [5.41, 5.74) is 1.23. The van der Waals surface area contributed by atoms with E-state index in [1.807, 2.05) is 18.2 Å². The molecule has 0 atom stereocenters. The number of thioether (sulfide) groups is 1. The lowest BCUT2D eigenvalue weighted by molar-refractivity contribution is 0.460. The van der Waals surface area contributed by atoms with Gasteiger partial charge in [-0.1, -0.05) is 54.9 Å². The Labute approximate surface area is 165 Å². The molecule has 2 aromatic rings. The van der Waals surface area contributed by atoms with Gasteiger partial charge in [-0.05, 0) is 43.3 Å². The molecule has 0 spiro atoms. The summed E-state index contributed by atoms with van der Waals surface area (Å²) in [6.07, 6.45) is 9.15. The van der Waals surface area contributed by atoms with Crippen LogP contribution in [0, 0.1) is 0 Å². The first-order valence-electron chi connectivity index (χ1n) is 9.31. The standard InChI is InChI=1S/C19H27N5S2/c1-26-19-23-22-17(24(19)16-10-5-6-11-16)12-7-13-20-18(25)21-14-15-8-3-2-4-9-15/h2-4,8-9,16H,5-7,10-14H2,1H3,(H2,20,21,25). The van der Waals surface area contributed by atoms with E-state index in [2.05, 4.69) is 43.8 Å². The molecule has 1 aliphatic rings. The van der Waals surface area contributed by atoms with Gasteiger partial charge >= 0.3 is 0 Å². The Morgan fingerprint density at radius 1 is 1.19 bits per heavy atom. The first-order chi connectivity index (χ1) is 12.8. The normalized spacial score (nSPS) is 14.5. The summed E-state index contributed by atoms with van der Waals surface area (Å²) in [6, 6.07) is 10.9. The van der Waals surface area contributed by atoms with Crippen LogP contribution < -0.4 is 10.6 Å². The average molecular weight is 390 g/mol. The van der Waals surface area contributed by atoms with Crippen LogP contribution in [0.2, 0.25) is 0 Å². The third-order valence-corrected chi connectivity index (χ3v) is 5.70. The SMILES string of the molecule is CSc1nnc(CCCNC(=S)NCc2ccccc2)n1C1CCCC1. The topological polar surface area (TPSA) is 54.8 Å². The molecule has 5 nitrogen and oxygen atoms in total. The van der Waals surface area contributed by atoms with Crippen molar-refractivity contribution >= 4 is 29.1 Å². The fourth-order valence-electron chi connectivity index (χ4n) is 3.44. The Kier molecular flexibility index (Phi) is 7.32. The number of thiocarbonyl (C=S) groups is 1. The Bertz CT molecular complexity index is 695. The largest absolute Gasteiger partial charge is 0.363 e. The van der Waals surface area contributed by atoms with Crippen molar-refractivity contribution in [3.63, 3.8) is 0 Å². The minimum atomic E-state index is 0.587. The molecule has 0 amide bonds. The van der Waals surface area contributed by atoms with Gasteiger partial charge in [0.1, 0.15) is 5.82 Å². The predicted molar refractivity (Wildman–Crippen MR) is 112 cm³/mol. The maximum atomic E-state index is 5.36. The van der Waals surface area contributed by atoms with Crippen molar-refractivity contribution in [1.82, 2.24) is 25.4 Å². The second-order valence-corrected chi connectivity index (χ2v) is 7.79. The monoisotopic (exact) mass is 389 g/mol. The van der Waals surface area contributed by atoms with Crippen molar-refractivity contribution < 1.29 is 0 Å². The molecule has 3 rings (SSSR count). The fraction of sp³-hybridized carbons (Fsp3) is 0.526. The van der Waals surface area contributed by atoms with Crippen LogP contribution in [0.25, 0.3) is 0 Å². The summed E-state index contributed by atoms with van der Waals surface area (Å²) in [5, 5.41) is 17.1. The molecule has 0 unspecified atom stereocenters. The van der Waals surface area contributed by atoms with Gasteiger partial charge in [0.25, 0.3) is 0 Å². The van der Waals surface area contributed by atoms with E-state index >= 15 is 0 Å². The summed E-state index contributed by atoms with van der Waals surface area (Å²) in [4.78, 5) is 0. The first-order valence-corrected chi connectivity index (χ1v) is 10.9. The molecule has 0 aliphatic heterocycles. The zero-order chi connectivity index (χ0) is 18.2.